The summed E-state index contributed by atoms with van der Waals surface area (Å²) in [5.41, 5.74) is 2.16. The number of halogens is 1. The number of rotatable bonds is 7. The van der Waals surface area contributed by atoms with Gasteiger partial charge in [-0.1, -0.05) is 24.3 Å². The lowest BCUT2D eigenvalue weighted by atomic mass is 9.88. The van der Waals surface area contributed by atoms with Crippen LogP contribution in [0.3, 0.4) is 0 Å². The number of nitrogens with one attached hydrogen (secondary N) is 3. The van der Waals surface area contributed by atoms with E-state index in [9.17, 15) is 9.59 Å². The summed E-state index contributed by atoms with van der Waals surface area (Å²) in [4.78, 5) is 30.3. The Bertz CT molecular complexity index is 749. The van der Waals surface area contributed by atoms with Crippen LogP contribution in [0, 0.1) is 5.41 Å². The van der Waals surface area contributed by atoms with Crippen molar-refractivity contribution in [3.8, 4) is 0 Å². The van der Waals surface area contributed by atoms with Gasteiger partial charge in [-0.3, -0.25) is 9.59 Å². The summed E-state index contributed by atoms with van der Waals surface area (Å²) in [7, 11) is 3.43. The van der Waals surface area contributed by atoms with Crippen molar-refractivity contribution < 1.29 is 9.59 Å². The van der Waals surface area contributed by atoms with E-state index in [0.29, 0.717) is 19.0 Å². The molecule has 168 valence electrons. The van der Waals surface area contributed by atoms with Crippen molar-refractivity contribution in [3.63, 3.8) is 0 Å². The molecule has 0 fully saturated rings. The third-order valence-electron chi connectivity index (χ3n) is 5.21. The largest absolute Gasteiger partial charge is 0.356 e. The molecule has 2 amide bonds. The molecule has 1 aromatic rings. The number of hydrogen-bond acceptors (Lipinski definition) is 3. The SMILES string of the molecule is CCNC(=O)C(C)(C)CNC(=NCC(=O)N(C)C)NC1CCc2ccccc2C1.I. The predicted molar refractivity (Wildman–Crippen MR) is 132 cm³/mol. The van der Waals surface area contributed by atoms with Gasteiger partial charge in [-0.25, -0.2) is 4.99 Å². The van der Waals surface area contributed by atoms with Crippen molar-refractivity contribution >= 4 is 41.8 Å². The molecule has 0 saturated heterocycles. The highest BCUT2D eigenvalue weighted by Gasteiger charge is 2.28. The van der Waals surface area contributed by atoms with Crippen molar-refractivity contribution in [2.24, 2.45) is 10.4 Å². The van der Waals surface area contributed by atoms with Gasteiger partial charge in [-0.2, -0.15) is 0 Å². The molecule has 1 aromatic carbocycles. The van der Waals surface area contributed by atoms with E-state index in [4.69, 9.17) is 0 Å². The summed E-state index contributed by atoms with van der Waals surface area (Å²) in [6.07, 6.45) is 2.93. The molecule has 30 heavy (non-hydrogen) atoms. The van der Waals surface area contributed by atoms with Gasteiger partial charge < -0.3 is 20.9 Å². The first-order valence-electron chi connectivity index (χ1n) is 10.3. The van der Waals surface area contributed by atoms with Crippen LogP contribution in [0.2, 0.25) is 0 Å². The highest BCUT2D eigenvalue weighted by molar-refractivity contribution is 14.0. The van der Waals surface area contributed by atoms with Gasteiger partial charge in [0.25, 0.3) is 0 Å². The highest BCUT2D eigenvalue weighted by atomic mass is 127. The maximum Gasteiger partial charge on any atom is 0.243 e. The van der Waals surface area contributed by atoms with Gasteiger partial charge in [0.05, 0.1) is 5.41 Å². The molecule has 7 nitrogen and oxygen atoms in total. The molecule has 0 spiro atoms. The van der Waals surface area contributed by atoms with Crippen LogP contribution in [-0.2, 0) is 22.4 Å². The number of carbonyl (C=O) groups is 2. The molecule has 0 saturated carbocycles. The van der Waals surface area contributed by atoms with Crippen molar-refractivity contribution in [3.05, 3.63) is 35.4 Å². The third-order valence-corrected chi connectivity index (χ3v) is 5.21. The molecule has 0 bridgehead atoms. The summed E-state index contributed by atoms with van der Waals surface area (Å²) in [5.74, 6) is 0.493. The fraction of sp³-hybridized carbons (Fsp3) is 0.591. The number of guanidine groups is 1. The molecular formula is C22H36IN5O2. The number of carbonyl (C=O) groups excluding carboxylic acids is 2. The molecule has 8 heteroatoms. The van der Waals surface area contributed by atoms with E-state index < -0.39 is 5.41 Å². The lowest BCUT2D eigenvalue weighted by molar-refractivity contribution is -0.129. The van der Waals surface area contributed by atoms with Crippen molar-refractivity contribution in [1.82, 2.24) is 20.9 Å². The Morgan fingerprint density at radius 2 is 1.83 bits per heavy atom. The second-order valence-electron chi connectivity index (χ2n) is 8.40. The number of likely N-dealkylation sites (N-methyl/N-ethyl adjacent to an activating group) is 1. The zero-order chi connectivity index (χ0) is 21.4. The molecule has 0 radical (unpaired) electrons. The standard InChI is InChI=1S/C22H35N5O2.HI/c1-6-23-20(29)22(2,3)15-25-21(24-14-19(28)27(4)5)26-18-12-11-16-9-7-8-10-17(16)13-18;/h7-10,18H,6,11-15H2,1-5H3,(H,23,29)(H2,24,25,26);1H. The summed E-state index contributed by atoms with van der Waals surface area (Å²) in [6, 6.07) is 8.74. The number of benzene rings is 1. The molecule has 0 aliphatic heterocycles. The first kappa shape index (κ1) is 26.2. The van der Waals surface area contributed by atoms with Crippen molar-refractivity contribution in [1.29, 1.82) is 0 Å². The molecule has 2 rings (SSSR count). The number of hydrogen-bond donors (Lipinski definition) is 3. The Balaban J connectivity index is 0.00000450. The van der Waals surface area contributed by atoms with E-state index >= 15 is 0 Å². The lowest BCUT2D eigenvalue weighted by Crippen LogP contribution is -2.51. The van der Waals surface area contributed by atoms with E-state index in [0.717, 1.165) is 19.3 Å². The van der Waals surface area contributed by atoms with Crippen molar-refractivity contribution in [2.45, 2.75) is 46.1 Å². The molecule has 1 aliphatic carbocycles. The topological polar surface area (TPSA) is 85.8 Å². The monoisotopic (exact) mass is 529 g/mol. The fourth-order valence-corrected chi connectivity index (χ4v) is 3.24. The van der Waals surface area contributed by atoms with Gasteiger partial charge in [-0.05, 0) is 51.2 Å². The average molecular weight is 529 g/mol. The van der Waals surface area contributed by atoms with Crippen LogP contribution >= 0.6 is 24.0 Å². The maximum atomic E-state index is 12.3. The Hall–Kier alpha value is -1.84. The molecule has 1 aliphatic rings. The number of nitrogens with zero attached hydrogens (tertiary/aromatic N) is 2. The normalized spacial score (nSPS) is 16.0. The van der Waals surface area contributed by atoms with Crippen LogP contribution in [0.1, 0.15) is 38.3 Å². The van der Waals surface area contributed by atoms with Crippen LogP contribution in [0.15, 0.2) is 29.3 Å². The average Bonchev–Trinajstić information content (AvgIpc) is 2.69. The van der Waals surface area contributed by atoms with E-state index in [1.165, 1.54) is 16.0 Å². The van der Waals surface area contributed by atoms with Gasteiger partial charge in [0.1, 0.15) is 6.54 Å². The summed E-state index contributed by atoms with van der Waals surface area (Å²) < 4.78 is 0. The quantitative estimate of drug-likeness (QED) is 0.287. The Morgan fingerprint density at radius 3 is 2.47 bits per heavy atom. The first-order valence-corrected chi connectivity index (χ1v) is 10.3. The van der Waals surface area contributed by atoms with Crippen molar-refractivity contribution in [2.75, 3.05) is 33.7 Å². The molecule has 1 atom stereocenters. The minimum Gasteiger partial charge on any atom is -0.356 e. The Labute approximate surface area is 197 Å². The van der Waals surface area contributed by atoms with Crippen LogP contribution in [0.25, 0.3) is 0 Å². The van der Waals surface area contributed by atoms with Gasteiger partial charge in [0.15, 0.2) is 5.96 Å². The number of amides is 2. The number of fused-ring (bicyclic) bond motifs is 1. The van der Waals surface area contributed by atoms with Crippen LogP contribution in [0.5, 0.6) is 0 Å². The minimum absolute atomic E-state index is 0. The third kappa shape index (κ3) is 7.77. The van der Waals surface area contributed by atoms with Crippen LogP contribution in [-0.4, -0.2) is 62.4 Å². The van der Waals surface area contributed by atoms with E-state index in [2.05, 4.69) is 45.2 Å². The fourth-order valence-electron chi connectivity index (χ4n) is 3.24. The van der Waals surface area contributed by atoms with Gasteiger partial charge >= 0.3 is 0 Å². The molecule has 0 heterocycles. The summed E-state index contributed by atoms with van der Waals surface area (Å²) in [5, 5.41) is 9.61. The first-order chi connectivity index (χ1) is 13.7. The molecular weight excluding hydrogens is 493 g/mol. The maximum absolute atomic E-state index is 12.3. The molecule has 0 aromatic heterocycles. The summed E-state index contributed by atoms with van der Waals surface area (Å²) in [6.45, 7) is 6.77. The minimum atomic E-state index is -0.594. The second kappa shape index (κ2) is 12.1. The van der Waals surface area contributed by atoms with Crippen LogP contribution < -0.4 is 16.0 Å². The number of aryl methyl sites for hydroxylation is 1. The van der Waals surface area contributed by atoms with Gasteiger partial charge in [-0.15, -0.1) is 24.0 Å². The predicted octanol–water partition coefficient (Wildman–Crippen LogP) is 1.95. The molecule has 3 N–H and O–H groups in total. The Morgan fingerprint density at radius 1 is 1.17 bits per heavy atom. The smallest absolute Gasteiger partial charge is 0.243 e. The zero-order valence-electron chi connectivity index (χ0n) is 18.7. The molecule has 1 unspecified atom stereocenters. The lowest BCUT2D eigenvalue weighted by Gasteiger charge is -2.29. The Kier molecular flexibility index (Phi) is 10.6. The number of aliphatic imine (C=N–C) groups is 1. The summed E-state index contributed by atoms with van der Waals surface area (Å²) >= 11 is 0. The van der Waals surface area contributed by atoms with E-state index in [1.54, 1.807) is 14.1 Å². The van der Waals surface area contributed by atoms with Crippen LogP contribution in [0.4, 0.5) is 0 Å². The second-order valence-corrected chi connectivity index (χ2v) is 8.40. The van der Waals surface area contributed by atoms with Gasteiger partial charge in [0, 0.05) is 33.2 Å². The zero-order valence-corrected chi connectivity index (χ0v) is 21.1. The highest BCUT2D eigenvalue weighted by Crippen LogP contribution is 2.21. The van der Waals surface area contributed by atoms with Gasteiger partial charge in [0.2, 0.25) is 11.8 Å². The van der Waals surface area contributed by atoms with E-state index in [1.807, 2.05) is 20.8 Å². The van der Waals surface area contributed by atoms with E-state index in [-0.39, 0.29) is 48.4 Å².